The van der Waals surface area contributed by atoms with E-state index in [9.17, 15) is 9.59 Å². The second kappa shape index (κ2) is 7.25. The first-order valence-electron chi connectivity index (χ1n) is 7.39. The zero-order valence-electron chi connectivity index (χ0n) is 13.3. The van der Waals surface area contributed by atoms with E-state index in [1.54, 1.807) is 18.4 Å². The Bertz CT molecular complexity index is 899. The molecule has 0 saturated heterocycles. The quantitative estimate of drug-likeness (QED) is 0.730. The summed E-state index contributed by atoms with van der Waals surface area (Å²) in [5, 5.41) is 7.28. The van der Waals surface area contributed by atoms with Gasteiger partial charge in [-0.15, -0.1) is 22.7 Å². The molecule has 3 rings (SSSR count). The predicted octanol–water partition coefficient (Wildman–Crippen LogP) is 2.34. The van der Waals surface area contributed by atoms with Crippen LogP contribution in [0.25, 0.3) is 20.7 Å². The number of aromatic nitrogens is 2. The third kappa shape index (κ3) is 3.40. The highest BCUT2D eigenvalue weighted by molar-refractivity contribution is 7.18. The molecule has 1 amide bonds. The number of hydrogen-bond acceptors (Lipinski definition) is 6. The number of methoxy groups -OCH3 is 1. The number of nitrogens with zero attached hydrogens (tertiary/aromatic N) is 2. The Balaban J connectivity index is 1.90. The van der Waals surface area contributed by atoms with E-state index in [1.807, 2.05) is 29.8 Å². The lowest BCUT2D eigenvalue weighted by Gasteiger charge is -2.13. The summed E-state index contributed by atoms with van der Waals surface area (Å²) in [6.45, 7) is 2.21. The van der Waals surface area contributed by atoms with Crippen LogP contribution in [0.15, 0.2) is 34.0 Å². The molecule has 3 aromatic rings. The van der Waals surface area contributed by atoms with Gasteiger partial charge in [-0.2, -0.15) is 0 Å². The van der Waals surface area contributed by atoms with Crippen LogP contribution < -0.4 is 10.9 Å². The fraction of sp³-hybridized carbons (Fsp3) is 0.312. The summed E-state index contributed by atoms with van der Waals surface area (Å²) in [6, 6.07) is 3.81. The number of rotatable bonds is 6. The number of thiophene rings is 2. The van der Waals surface area contributed by atoms with E-state index in [4.69, 9.17) is 4.74 Å². The normalized spacial score (nSPS) is 12.4. The smallest absolute Gasteiger partial charge is 0.263 e. The van der Waals surface area contributed by atoms with E-state index < -0.39 is 0 Å². The van der Waals surface area contributed by atoms with Crippen molar-refractivity contribution in [3.63, 3.8) is 0 Å². The minimum atomic E-state index is -0.240. The van der Waals surface area contributed by atoms with Gasteiger partial charge in [0.05, 0.1) is 18.3 Å². The van der Waals surface area contributed by atoms with Crippen molar-refractivity contribution in [2.24, 2.45) is 0 Å². The summed E-state index contributed by atoms with van der Waals surface area (Å²) < 4.78 is 6.34. The standard InChI is InChI=1S/C16H17N3O3S2/c1-10(7-22-2)18-13(20)6-19-9-17-15-14(16(19)21)11(8-24-15)12-4-3-5-23-12/h3-5,8-10H,6-7H2,1-2H3,(H,18,20). The van der Waals surface area contributed by atoms with Crippen LogP contribution in [0.4, 0.5) is 0 Å². The van der Waals surface area contributed by atoms with Crippen molar-refractivity contribution in [2.45, 2.75) is 19.5 Å². The summed E-state index contributed by atoms with van der Waals surface area (Å²) in [5.41, 5.74) is 0.684. The Kier molecular flexibility index (Phi) is 5.08. The minimum Gasteiger partial charge on any atom is -0.383 e. The topological polar surface area (TPSA) is 73.2 Å². The van der Waals surface area contributed by atoms with Crippen LogP contribution in [0.2, 0.25) is 0 Å². The SMILES string of the molecule is COCC(C)NC(=O)Cn1cnc2scc(-c3cccs3)c2c1=O. The Morgan fingerprint density at radius 2 is 2.29 bits per heavy atom. The summed E-state index contributed by atoms with van der Waals surface area (Å²) in [7, 11) is 1.58. The summed E-state index contributed by atoms with van der Waals surface area (Å²) in [6.07, 6.45) is 1.43. The van der Waals surface area contributed by atoms with Crippen LogP contribution in [0.5, 0.6) is 0 Å². The third-order valence-corrected chi connectivity index (χ3v) is 5.27. The number of amides is 1. The van der Waals surface area contributed by atoms with E-state index in [0.29, 0.717) is 16.8 Å². The first kappa shape index (κ1) is 16.8. The van der Waals surface area contributed by atoms with Gasteiger partial charge in [0.2, 0.25) is 5.91 Å². The highest BCUT2D eigenvalue weighted by Crippen LogP contribution is 2.33. The van der Waals surface area contributed by atoms with Gasteiger partial charge in [0.1, 0.15) is 11.4 Å². The molecule has 0 aliphatic carbocycles. The van der Waals surface area contributed by atoms with Crippen molar-refractivity contribution in [3.8, 4) is 10.4 Å². The fourth-order valence-electron chi connectivity index (χ4n) is 2.46. The fourth-order valence-corrected chi connectivity index (χ4v) is 4.18. The van der Waals surface area contributed by atoms with Gasteiger partial charge in [-0.25, -0.2) is 4.98 Å². The van der Waals surface area contributed by atoms with E-state index in [-0.39, 0.29) is 24.1 Å². The van der Waals surface area contributed by atoms with Crippen molar-refractivity contribution >= 4 is 38.8 Å². The molecule has 0 aliphatic heterocycles. The Hall–Kier alpha value is -2.03. The first-order valence-corrected chi connectivity index (χ1v) is 9.15. The molecule has 126 valence electrons. The highest BCUT2D eigenvalue weighted by atomic mass is 32.1. The molecular weight excluding hydrogens is 346 g/mol. The van der Waals surface area contributed by atoms with Crippen molar-refractivity contribution in [1.82, 2.24) is 14.9 Å². The van der Waals surface area contributed by atoms with Gasteiger partial charge < -0.3 is 10.1 Å². The van der Waals surface area contributed by atoms with E-state index in [1.165, 1.54) is 22.2 Å². The second-order valence-electron chi connectivity index (χ2n) is 5.41. The van der Waals surface area contributed by atoms with Crippen LogP contribution in [0, 0.1) is 0 Å². The average Bonchev–Trinajstić information content (AvgIpc) is 3.19. The number of nitrogens with one attached hydrogen (secondary N) is 1. The molecule has 0 aromatic carbocycles. The van der Waals surface area contributed by atoms with Gasteiger partial charge in [-0.3, -0.25) is 14.2 Å². The first-order chi connectivity index (χ1) is 11.6. The number of carbonyl (C=O) groups excluding carboxylic acids is 1. The van der Waals surface area contributed by atoms with Gasteiger partial charge in [-0.05, 0) is 18.4 Å². The van der Waals surface area contributed by atoms with Crippen molar-refractivity contribution in [3.05, 3.63) is 39.6 Å². The minimum absolute atomic E-state index is 0.0600. The Labute approximate surface area is 146 Å². The number of carbonyl (C=O) groups is 1. The lowest BCUT2D eigenvalue weighted by Crippen LogP contribution is -2.39. The molecule has 0 spiro atoms. The lowest BCUT2D eigenvalue weighted by molar-refractivity contribution is -0.122. The number of ether oxygens (including phenoxy) is 1. The zero-order chi connectivity index (χ0) is 17.1. The maximum absolute atomic E-state index is 12.8. The molecular formula is C16H17N3O3S2. The molecule has 1 atom stereocenters. The Morgan fingerprint density at radius 3 is 3.00 bits per heavy atom. The predicted molar refractivity (Wildman–Crippen MR) is 96.7 cm³/mol. The van der Waals surface area contributed by atoms with Gasteiger partial charge in [-0.1, -0.05) is 6.07 Å². The maximum Gasteiger partial charge on any atom is 0.263 e. The molecule has 24 heavy (non-hydrogen) atoms. The van der Waals surface area contributed by atoms with Crippen LogP contribution in [-0.2, 0) is 16.1 Å². The lowest BCUT2D eigenvalue weighted by atomic mass is 10.2. The molecule has 1 unspecified atom stereocenters. The summed E-state index contributed by atoms with van der Waals surface area (Å²) in [4.78, 5) is 30.9. The van der Waals surface area contributed by atoms with Crippen LogP contribution in [-0.4, -0.2) is 35.2 Å². The second-order valence-corrected chi connectivity index (χ2v) is 7.21. The molecule has 0 fully saturated rings. The van der Waals surface area contributed by atoms with E-state index >= 15 is 0 Å². The molecule has 3 aromatic heterocycles. The molecule has 0 radical (unpaired) electrons. The summed E-state index contributed by atoms with van der Waals surface area (Å²) in [5.74, 6) is -0.240. The molecule has 0 aliphatic rings. The van der Waals surface area contributed by atoms with Gasteiger partial charge >= 0.3 is 0 Å². The van der Waals surface area contributed by atoms with Crippen molar-refractivity contribution < 1.29 is 9.53 Å². The molecule has 6 nitrogen and oxygen atoms in total. The number of hydrogen-bond donors (Lipinski definition) is 1. The number of fused-ring (bicyclic) bond motifs is 1. The van der Waals surface area contributed by atoms with E-state index in [0.717, 1.165) is 10.4 Å². The monoisotopic (exact) mass is 363 g/mol. The molecule has 0 saturated carbocycles. The van der Waals surface area contributed by atoms with Crippen LogP contribution >= 0.6 is 22.7 Å². The largest absolute Gasteiger partial charge is 0.383 e. The Morgan fingerprint density at radius 1 is 1.46 bits per heavy atom. The third-order valence-electron chi connectivity index (χ3n) is 3.49. The summed E-state index contributed by atoms with van der Waals surface area (Å²) >= 11 is 3.01. The van der Waals surface area contributed by atoms with Crippen molar-refractivity contribution in [1.29, 1.82) is 0 Å². The van der Waals surface area contributed by atoms with Crippen molar-refractivity contribution in [2.75, 3.05) is 13.7 Å². The van der Waals surface area contributed by atoms with E-state index in [2.05, 4.69) is 10.3 Å². The van der Waals surface area contributed by atoms with Crippen LogP contribution in [0.1, 0.15) is 6.92 Å². The molecule has 1 N–H and O–H groups in total. The van der Waals surface area contributed by atoms with Crippen LogP contribution in [0.3, 0.4) is 0 Å². The van der Waals surface area contributed by atoms with Gasteiger partial charge in [0, 0.05) is 29.0 Å². The van der Waals surface area contributed by atoms with Gasteiger partial charge in [0.15, 0.2) is 0 Å². The highest BCUT2D eigenvalue weighted by Gasteiger charge is 2.15. The maximum atomic E-state index is 12.8. The molecule has 3 heterocycles. The molecule has 0 bridgehead atoms. The van der Waals surface area contributed by atoms with Gasteiger partial charge in [0.25, 0.3) is 5.56 Å². The molecule has 8 heteroatoms. The average molecular weight is 363 g/mol. The zero-order valence-corrected chi connectivity index (χ0v) is 14.9.